The number of amides is 1. The second-order valence-electron chi connectivity index (χ2n) is 6.78. The van der Waals surface area contributed by atoms with E-state index in [2.05, 4.69) is 18.3 Å². The first kappa shape index (κ1) is 22.1. The van der Waals surface area contributed by atoms with Gasteiger partial charge >= 0.3 is 0 Å². The van der Waals surface area contributed by atoms with Crippen molar-refractivity contribution >= 4 is 17.5 Å². The second-order valence-corrected chi connectivity index (χ2v) is 7.18. The highest BCUT2D eigenvalue weighted by molar-refractivity contribution is 6.31. The number of carbonyl (C=O) groups is 1. The fourth-order valence-corrected chi connectivity index (χ4v) is 2.96. The maximum atomic E-state index is 12.5. The highest BCUT2D eigenvalue weighted by Crippen LogP contribution is 2.22. The van der Waals surface area contributed by atoms with E-state index in [1.54, 1.807) is 12.1 Å². The quantitative estimate of drug-likeness (QED) is 0.515. The maximum Gasteiger partial charge on any atom is 0.261 e. The van der Waals surface area contributed by atoms with Crippen LogP contribution in [0.1, 0.15) is 44.2 Å². The standard InChI is InChI=1S/C23H30ClNO3/c1-4-15-27-22-11-7-6-9-18(22)10-8-14-25-23(26)21(5-2)28-19-12-13-20(24)17(3)16-19/h6-7,9,11-13,16,21H,4-5,8,10,14-15H2,1-3H3,(H,25,26)/t21-/m0/s1. The molecule has 0 heterocycles. The molecule has 0 spiro atoms. The van der Waals surface area contributed by atoms with Crippen LogP contribution in [0.2, 0.25) is 5.02 Å². The van der Waals surface area contributed by atoms with E-state index in [-0.39, 0.29) is 5.91 Å². The third-order valence-electron chi connectivity index (χ3n) is 4.43. The lowest BCUT2D eigenvalue weighted by Crippen LogP contribution is -2.38. The number of nitrogens with one attached hydrogen (secondary N) is 1. The summed E-state index contributed by atoms with van der Waals surface area (Å²) in [7, 11) is 0. The average Bonchev–Trinajstić information content (AvgIpc) is 2.71. The first-order valence-electron chi connectivity index (χ1n) is 9.96. The van der Waals surface area contributed by atoms with E-state index in [4.69, 9.17) is 21.1 Å². The number of rotatable bonds is 11. The minimum absolute atomic E-state index is 0.0920. The molecule has 0 bridgehead atoms. The number of hydrogen-bond donors (Lipinski definition) is 1. The van der Waals surface area contributed by atoms with Crippen molar-refractivity contribution in [3.8, 4) is 11.5 Å². The maximum absolute atomic E-state index is 12.5. The Morgan fingerprint density at radius 1 is 1.18 bits per heavy atom. The Morgan fingerprint density at radius 2 is 1.96 bits per heavy atom. The number of para-hydroxylation sites is 1. The number of halogens is 1. The number of carbonyl (C=O) groups excluding carboxylic acids is 1. The summed E-state index contributed by atoms with van der Waals surface area (Å²) in [5, 5.41) is 3.67. The Hall–Kier alpha value is -2.20. The predicted octanol–water partition coefficient (Wildman–Crippen LogP) is 5.34. The van der Waals surface area contributed by atoms with Crippen LogP contribution in [0.15, 0.2) is 42.5 Å². The number of benzene rings is 2. The van der Waals surface area contributed by atoms with Gasteiger partial charge in [-0.1, -0.05) is 43.6 Å². The van der Waals surface area contributed by atoms with Crippen LogP contribution in [0.25, 0.3) is 0 Å². The van der Waals surface area contributed by atoms with Gasteiger partial charge in [-0.25, -0.2) is 0 Å². The fourth-order valence-electron chi connectivity index (χ4n) is 2.84. The lowest BCUT2D eigenvalue weighted by molar-refractivity contribution is -0.128. The van der Waals surface area contributed by atoms with E-state index >= 15 is 0 Å². The second kappa shape index (κ2) is 11.6. The third kappa shape index (κ3) is 6.75. The Labute approximate surface area is 173 Å². The summed E-state index contributed by atoms with van der Waals surface area (Å²) in [6.45, 7) is 7.26. The van der Waals surface area contributed by atoms with Crippen molar-refractivity contribution in [3.05, 3.63) is 58.6 Å². The Morgan fingerprint density at radius 3 is 2.68 bits per heavy atom. The van der Waals surface area contributed by atoms with E-state index in [1.165, 1.54) is 5.56 Å². The molecule has 2 aromatic rings. The molecule has 0 saturated carbocycles. The van der Waals surface area contributed by atoms with Crippen LogP contribution in [0, 0.1) is 6.92 Å². The first-order chi connectivity index (χ1) is 13.5. The summed E-state index contributed by atoms with van der Waals surface area (Å²) in [4.78, 5) is 12.5. The van der Waals surface area contributed by atoms with Gasteiger partial charge in [0.25, 0.3) is 5.91 Å². The minimum Gasteiger partial charge on any atom is -0.493 e. The summed E-state index contributed by atoms with van der Waals surface area (Å²) in [5.74, 6) is 1.50. The van der Waals surface area contributed by atoms with Crippen LogP contribution < -0.4 is 14.8 Å². The molecule has 1 amide bonds. The van der Waals surface area contributed by atoms with Crippen molar-refractivity contribution in [1.29, 1.82) is 0 Å². The van der Waals surface area contributed by atoms with Gasteiger partial charge in [0.15, 0.2) is 6.10 Å². The molecule has 0 aliphatic carbocycles. The predicted molar refractivity (Wildman–Crippen MR) is 114 cm³/mol. The van der Waals surface area contributed by atoms with E-state index in [0.29, 0.717) is 30.3 Å². The molecule has 5 heteroatoms. The van der Waals surface area contributed by atoms with Crippen LogP contribution in [-0.4, -0.2) is 25.2 Å². The summed E-state index contributed by atoms with van der Waals surface area (Å²) >= 11 is 6.04. The molecular formula is C23H30ClNO3. The van der Waals surface area contributed by atoms with Crippen molar-refractivity contribution in [3.63, 3.8) is 0 Å². The van der Waals surface area contributed by atoms with E-state index in [1.807, 2.05) is 38.1 Å². The summed E-state index contributed by atoms with van der Waals surface area (Å²) in [5.41, 5.74) is 2.10. The molecule has 4 nitrogen and oxygen atoms in total. The van der Waals surface area contributed by atoms with Gasteiger partial charge in [0.2, 0.25) is 0 Å². The molecule has 2 rings (SSSR count). The van der Waals surface area contributed by atoms with Crippen LogP contribution in [0.3, 0.4) is 0 Å². The molecular weight excluding hydrogens is 374 g/mol. The smallest absolute Gasteiger partial charge is 0.261 e. The lowest BCUT2D eigenvalue weighted by Gasteiger charge is -2.18. The molecule has 1 atom stereocenters. The minimum atomic E-state index is -0.513. The highest BCUT2D eigenvalue weighted by Gasteiger charge is 2.18. The molecule has 0 aromatic heterocycles. The Bertz CT molecular complexity index is 763. The zero-order valence-electron chi connectivity index (χ0n) is 17.0. The van der Waals surface area contributed by atoms with Crippen molar-refractivity contribution in [2.45, 2.75) is 52.6 Å². The molecule has 1 N–H and O–H groups in total. The largest absolute Gasteiger partial charge is 0.493 e. The van der Waals surface area contributed by atoms with Gasteiger partial charge in [-0.05, 0) is 68.0 Å². The zero-order chi connectivity index (χ0) is 20.4. The molecule has 28 heavy (non-hydrogen) atoms. The number of ether oxygens (including phenoxy) is 2. The van der Waals surface area contributed by atoms with Gasteiger partial charge in [0.1, 0.15) is 11.5 Å². The summed E-state index contributed by atoms with van der Waals surface area (Å²) < 4.78 is 11.6. The van der Waals surface area contributed by atoms with Gasteiger partial charge in [-0.3, -0.25) is 4.79 Å². The molecule has 0 aliphatic heterocycles. The van der Waals surface area contributed by atoms with Crippen molar-refractivity contribution in [2.24, 2.45) is 0 Å². The molecule has 0 radical (unpaired) electrons. The van der Waals surface area contributed by atoms with Crippen molar-refractivity contribution in [2.75, 3.05) is 13.2 Å². The van der Waals surface area contributed by atoms with E-state index in [9.17, 15) is 4.79 Å². The molecule has 0 fully saturated rings. The fraction of sp³-hybridized carbons (Fsp3) is 0.435. The highest BCUT2D eigenvalue weighted by atomic mass is 35.5. The van der Waals surface area contributed by atoms with Crippen LogP contribution in [-0.2, 0) is 11.2 Å². The van der Waals surface area contributed by atoms with E-state index in [0.717, 1.165) is 30.6 Å². The van der Waals surface area contributed by atoms with Crippen molar-refractivity contribution in [1.82, 2.24) is 5.32 Å². The van der Waals surface area contributed by atoms with E-state index < -0.39 is 6.10 Å². The average molecular weight is 404 g/mol. The van der Waals surface area contributed by atoms with Gasteiger partial charge < -0.3 is 14.8 Å². The first-order valence-corrected chi connectivity index (χ1v) is 10.3. The SMILES string of the molecule is CCCOc1ccccc1CCCNC(=O)[C@H](CC)Oc1ccc(Cl)c(C)c1. The van der Waals surface area contributed by atoms with Gasteiger partial charge in [-0.2, -0.15) is 0 Å². The third-order valence-corrected chi connectivity index (χ3v) is 4.85. The van der Waals surface area contributed by atoms with Crippen molar-refractivity contribution < 1.29 is 14.3 Å². The molecule has 2 aromatic carbocycles. The van der Waals surface area contributed by atoms with Crippen LogP contribution in [0.4, 0.5) is 0 Å². The van der Waals surface area contributed by atoms with Gasteiger partial charge in [0.05, 0.1) is 6.61 Å². The van der Waals surface area contributed by atoms with Gasteiger partial charge in [-0.15, -0.1) is 0 Å². The summed E-state index contributed by atoms with van der Waals surface area (Å²) in [6.07, 6.45) is 2.76. The molecule has 0 saturated heterocycles. The molecule has 0 unspecified atom stereocenters. The monoisotopic (exact) mass is 403 g/mol. The van der Waals surface area contributed by atoms with Crippen LogP contribution >= 0.6 is 11.6 Å². The Kier molecular flexibility index (Phi) is 9.15. The number of aryl methyl sites for hydroxylation is 2. The van der Waals surface area contributed by atoms with Crippen LogP contribution in [0.5, 0.6) is 11.5 Å². The summed E-state index contributed by atoms with van der Waals surface area (Å²) in [6, 6.07) is 13.5. The topological polar surface area (TPSA) is 47.6 Å². The Balaban J connectivity index is 1.81. The number of hydrogen-bond acceptors (Lipinski definition) is 3. The van der Waals surface area contributed by atoms with Gasteiger partial charge in [0, 0.05) is 11.6 Å². The molecule has 152 valence electrons. The lowest BCUT2D eigenvalue weighted by atomic mass is 10.1. The molecule has 0 aliphatic rings. The normalized spacial score (nSPS) is 11.7. The zero-order valence-corrected chi connectivity index (χ0v) is 17.7.